The Bertz CT molecular complexity index is 1170. The Hall–Kier alpha value is -3.01. The summed E-state index contributed by atoms with van der Waals surface area (Å²) in [6.45, 7) is 0.0753. The second-order valence-corrected chi connectivity index (χ2v) is 9.74. The quantitative estimate of drug-likeness (QED) is 0.448. The summed E-state index contributed by atoms with van der Waals surface area (Å²) in [4.78, 5) is 13.2. The van der Waals surface area contributed by atoms with Crippen LogP contribution in [0.3, 0.4) is 0 Å². The van der Waals surface area contributed by atoms with Crippen molar-refractivity contribution in [1.29, 1.82) is 0 Å². The maximum absolute atomic E-state index is 13.2. The minimum absolute atomic E-state index is 0.0753. The fraction of sp³-hybridized carbons (Fsp3) is 0.167. The second-order valence-electron chi connectivity index (χ2n) is 7.64. The van der Waals surface area contributed by atoms with E-state index in [0.29, 0.717) is 22.6 Å². The molecule has 4 rings (SSSR count). The molecule has 152 valence electrons. The molecule has 0 aliphatic carbocycles. The van der Waals surface area contributed by atoms with Crippen molar-refractivity contribution in [1.82, 2.24) is 0 Å². The van der Waals surface area contributed by atoms with E-state index in [1.807, 2.05) is 0 Å². The highest BCUT2D eigenvalue weighted by Crippen LogP contribution is 2.41. The van der Waals surface area contributed by atoms with E-state index in [1.165, 1.54) is 23.5 Å². The fourth-order valence-electron chi connectivity index (χ4n) is 3.30. The van der Waals surface area contributed by atoms with Gasteiger partial charge >= 0.3 is 10.1 Å². The van der Waals surface area contributed by atoms with Crippen molar-refractivity contribution < 1.29 is 31.6 Å². The van der Waals surface area contributed by atoms with Crippen LogP contribution >= 0.6 is 0 Å². The van der Waals surface area contributed by atoms with E-state index < -0.39 is 37.6 Å². The first-order valence-electron chi connectivity index (χ1n) is 9.19. The predicted molar refractivity (Wildman–Crippen MR) is 115 cm³/mol. The molecule has 12 heteroatoms. The summed E-state index contributed by atoms with van der Waals surface area (Å²) < 4.78 is 46.1. The Labute approximate surface area is 176 Å². The van der Waals surface area contributed by atoms with Gasteiger partial charge in [-0.05, 0) is 23.3 Å². The Morgan fingerprint density at radius 3 is 2.43 bits per heavy atom. The summed E-state index contributed by atoms with van der Waals surface area (Å²) in [5.74, 6) is -0.647. The Balaban J connectivity index is 1.64. The number of ketones is 1. The van der Waals surface area contributed by atoms with Gasteiger partial charge in [0.05, 0.1) is 4.55 Å². The van der Waals surface area contributed by atoms with Crippen LogP contribution in [0.5, 0.6) is 11.5 Å². The third-order valence-electron chi connectivity index (χ3n) is 5.39. The van der Waals surface area contributed by atoms with E-state index in [1.54, 1.807) is 48.5 Å². The van der Waals surface area contributed by atoms with Crippen molar-refractivity contribution in [2.24, 2.45) is 5.73 Å². The lowest BCUT2D eigenvalue weighted by molar-refractivity contribution is -0.126. The molecule has 2 N–H and O–H groups in total. The molecular formula is C18H18B3NO7S. The van der Waals surface area contributed by atoms with Crippen LogP contribution < -0.4 is 15.2 Å². The topological polar surface area (TPSA) is 114 Å². The third-order valence-corrected chi connectivity index (χ3v) is 7.26. The molecular weight excluding hydrogens is 407 g/mol. The summed E-state index contributed by atoms with van der Waals surface area (Å²) in [6, 6.07) is 13.4. The van der Waals surface area contributed by atoms with Gasteiger partial charge in [0.1, 0.15) is 15.7 Å². The van der Waals surface area contributed by atoms with Gasteiger partial charge in [0.15, 0.2) is 24.8 Å². The number of carbonyl (C=O) groups is 1. The van der Waals surface area contributed by atoms with Crippen LogP contribution in [0, 0.1) is 0 Å². The van der Waals surface area contributed by atoms with Crippen molar-refractivity contribution in [3.8, 4) is 11.5 Å². The zero-order valence-electron chi connectivity index (χ0n) is 16.7. The average Bonchev–Trinajstić information content (AvgIpc) is 3.27. The number of fused-ring (bicyclic) bond motifs is 1. The van der Waals surface area contributed by atoms with Gasteiger partial charge in [-0.25, -0.2) is 0 Å². The smallest absolute Gasteiger partial charge is 0.304 e. The summed E-state index contributed by atoms with van der Waals surface area (Å²) in [6.07, 6.45) is 0. The van der Waals surface area contributed by atoms with E-state index in [-0.39, 0.29) is 6.79 Å². The minimum Gasteiger partial charge on any atom is -0.467 e. The van der Waals surface area contributed by atoms with Crippen molar-refractivity contribution in [3.05, 3.63) is 71.3 Å². The van der Waals surface area contributed by atoms with Crippen molar-refractivity contribution in [3.63, 3.8) is 0 Å². The SMILES string of the molecule is BC1(c2ccc3c(c2)OCO3)OC(N)=C(OS(=O)(=O)C(B)(B)c2ccccc2)C1=O. The van der Waals surface area contributed by atoms with Gasteiger partial charge in [-0.2, -0.15) is 8.42 Å². The predicted octanol–water partition coefficient (Wildman–Crippen LogP) is -1.65. The number of ether oxygens (including phenoxy) is 3. The molecule has 2 aliphatic rings. The molecule has 0 fully saturated rings. The molecule has 30 heavy (non-hydrogen) atoms. The lowest BCUT2D eigenvalue weighted by Crippen LogP contribution is -2.40. The van der Waals surface area contributed by atoms with E-state index in [0.717, 1.165) is 0 Å². The maximum atomic E-state index is 13.2. The lowest BCUT2D eigenvalue weighted by atomic mass is 9.65. The Kier molecular flexibility index (Phi) is 4.57. The number of hydrogen-bond acceptors (Lipinski definition) is 8. The highest BCUT2D eigenvalue weighted by molar-refractivity contribution is 7.90. The van der Waals surface area contributed by atoms with Gasteiger partial charge < -0.3 is 24.1 Å². The van der Waals surface area contributed by atoms with Crippen molar-refractivity contribution in [2.75, 3.05) is 6.79 Å². The number of benzene rings is 2. The maximum Gasteiger partial charge on any atom is 0.304 e. The lowest BCUT2D eigenvalue weighted by Gasteiger charge is -2.26. The average molecular weight is 425 g/mol. The molecule has 2 aromatic carbocycles. The first-order chi connectivity index (χ1) is 14.1. The standard InChI is InChI=1S/C18H18B3NO7S/c19-17(11-6-7-12-13(8-11)27-9-26-12)15(23)14(16(22)28-17)29-30(24,25)18(20,21)10-4-2-1-3-5-10/h1-8H,9,19-22H2. The summed E-state index contributed by atoms with van der Waals surface area (Å²) in [5, 5.41) is 0. The summed E-state index contributed by atoms with van der Waals surface area (Å²) in [5.41, 5.74) is 5.25. The molecule has 2 aliphatic heterocycles. The molecule has 0 aromatic heterocycles. The Morgan fingerprint density at radius 2 is 1.73 bits per heavy atom. The molecule has 0 bridgehead atoms. The van der Waals surface area contributed by atoms with Crippen LogP contribution in [-0.4, -0.2) is 44.5 Å². The van der Waals surface area contributed by atoms with E-state index in [2.05, 4.69) is 0 Å². The molecule has 8 nitrogen and oxygen atoms in total. The van der Waals surface area contributed by atoms with Gasteiger partial charge in [0.25, 0.3) is 0 Å². The monoisotopic (exact) mass is 425 g/mol. The number of hydrogen-bond donors (Lipinski definition) is 1. The molecule has 0 radical (unpaired) electrons. The highest BCUT2D eigenvalue weighted by atomic mass is 32.2. The molecule has 0 amide bonds. The van der Waals surface area contributed by atoms with Gasteiger partial charge in [0.2, 0.25) is 24.2 Å². The van der Waals surface area contributed by atoms with Gasteiger partial charge in [-0.3, -0.25) is 4.79 Å². The molecule has 0 spiro atoms. The number of Topliss-reactive ketones (excluding diaryl/α,β-unsaturated/α-hetero) is 1. The van der Waals surface area contributed by atoms with Crippen molar-refractivity contribution >= 4 is 39.4 Å². The van der Waals surface area contributed by atoms with Crippen LogP contribution in [0.1, 0.15) is 11.1 Å². The fourth-order valence-corrected chi connectivity index (χ4v) is 4.31. The Morgan fingerprint density at radius 1 is 1.07 bits per heavy atom. The molecule has 1 unspecified atom stereocenters. The van der Waals surface area contributed by atoms with Crippen molar-refractivity contribution in [2.45, 2.75) is 10.0 Å². The van der Waals surface area contributed by atoms with Crippen LogP contribution in [-0.2, 0) is 33.9 Å². The molecule has 1 atom stereocenters. The zero-order chi connectivity index (χ0) is 21.7. The normalized spacial score (nSPS) is 20.9. The van der Waals surface area contributed by atoms with E-state index in [4.69, 9.17) is 24.1 Å². The minimum atomic E-state index is -4.29. The number of nitrogens with two attached hydrogens (primary N) is 1. The molecule has 0 saturated heterocycles. The molecule has 0 saturated carbocycles. The van der Waals surface area contributed by atoms with Crippen LogP contribution in [0.4, 0.5) is 0 Å². The van der Waals surface area contributed by atoms with Crippen LogP contribution in [0.2, 0.25) is 0 Å². The highest BCUT2D eigenvalue weighted by Gasteiger charge is 2.51. The molecule has 2 heterocycles. The van der Waals surface area contributed by atoms with E-state index >= 15 is 0 Å². The zero-order valence-corrected chi connectivity index (χ0v) is 17.5. The van der Waals surface area contributed by atoms with E-state index in [9.17, 15) is 13.2 Å². The second kappa shape index (κ2) is 6.77. The summed E-state index contributed by atoms with van der Waals surface area (Å²) >= 11 is 0. The summed E-state index contributed by atoms with van der Waals surface area (Å²) in [7, 11) is 0.187. The van der Waals surface area contributed by atoms with Gasteiger partial charge in [-0.1, -0.05) is 36.4 Å². The number of carbonyl (C=O) groups excluding carboxylic acids is 1. The third kappa shape index (κ3) is 3.02. The largest absolute Gasteiger partial charge is 0.467 e. The van der Waals surface area contributed by atoms with Gasteiger partial charge in [0, 0.05) is 0 Å². The van der Waals surface area contributed by atoms with Crippen LogP contribution in [0.15, 0.2) is 60.2 Å². The first kappa shape index (κ1) is 20.3. The van der Waals surface area contributed by atoms with Crippen LogP contribution in [0.25, 0.3) is 0 Å². The first-order valence-corrected chi connectivity index (χ1v) is 10.6. The number of rotatable bonds is 5. The van der Waals surface area contributed by atoms with Gasteiger partial charge in [-0.15, -0.1) is 0 Å². The molecule has 2 aromatic rings.